The summed E-state index contributed by atoms with van der Waals surface area (Å²) in [7, 11) is 0. The van der Waals surface area contributed by atoms with Gasteiger partial charge in [0.15, 0.2) is 11.6 Å². The number of nitrogens with one attached hydrogen (secondary N) is 3. The van der Waals surface area contributed by atoms with Gasteiger partial charge in [-0.1, -0.05) is 91.0 Å². The SMILES string of the molecule is CC(=O)c1c(Cc2cc(C(=O)OCc3ccccc3)[nH]c2Cc2[nH]c(C(=O)OCc3ccccc3)c(C)c2C(C)=O)[nH]c(C(=O)OCc2ccccc2)c1C. The number of hydrogen-bond donors (Lipinski definition) is 3. The summed E-state index contributed by atoms with van der Waals surface area (Å²) in [5.74, 6) is -2.38. The van der Waals surface area contributed by atoms with Gasteiger partial charge in [-0.2, -0.15) is 0 Å². The van der Waals surface area contributed by atoms with E-state index in [4.69, 9.17) is 14.2 Å². The minimum absolute atomic E-state index is 0.0425. The summed E-state index contributed by atoms with van der Waals surface area (Å²) in [5, 5.41) is 0. The maximum absolute atomic E-state index is 13.4. The average molecular weight is 740 g/mol. The highest BCUT2D eigenvalue weighted by Gasteiger charge is 2.27. The molecule has 0 atom stereocenters. The smallest absolute Gasteiger partial charge is 0.355 e. The van der Waals surface area contributed by atoms with Crippen molar-refractivity contribution in [1.82, 2.24) is 15.0 Å². The van der Waals surface area contributed by atoms with Crippen LogP contribution in [-0.2, 0) is 46.9 Å². The summed E-state index contributed by atoms with van der Waals surface area (Å²) in [6, 6.07) is 29.4. The zero-order chi connectivity index (χ0) is 39.1. The van der Waals surface area contributed by atoms with Crippen molar-refractivity contribution in [3.8, 4) is 0 Å². The summed E-state index contributed by atoms with van der Waals surface area (Å²) in [6.07, 6.45) is 0.171. The van der Waals surface area contributed by atoms with Crippen molar-refractivity contribution in [3.63, 3.8) is 0 Å². The van der Waals surface area contributed by atoms with Crippen molar-refractivity contribution in [2.24, 2.45) is 0 Å². The van der Waals surface area contributed by atoms with E-state index in [-0.39, 0.29) is 61.3 Å². The number of esters is 3. The molecule has 0 radical (unpaired) electrons. The molecule has 0 aliphatic carbocycles. The first-order chi connectivity index (χ1) is 26.5. The summed E-state index contributed by atoms with van der Waals surface area (Å²) in [4.78, 5) is 75.5. The zero-order valence-corrected chi connectivity index (χ0v) is 31.0. The first-order valence-corrected chi connectivity index (χ1v) is 17.8. The van der Waals surface area contributed by atoms with E-state index >= 15 is 0 Å². The van der Waals surface area contributed by atoms with Crippen LogP contribution in [-0.4, -0.2) is 44.4 Å². The van der Waals surface area contributed by atoms with Gasteiger partial charge in [-0.25, -0.2) is 14.4 Å². The lowest BCUT2D eigenvalue weighted by Gasteiger charge is -2.07. The highest BCUT2D eigenvalue weighted by atomic mass is 16.5. The number of H-pyrrole nitrogens is 3. The molecule has 3 aromatic heterocycles. The second-order valence-electron chi connectivity index (χ2n) is 13.3. The minimum Gasteiger partial charge on any atom is -0.456 e. The zero-order valence-electron chi connectivity index (χ0n) is 31.0. The molecular weight excluding hydrogens is 698 g/mol. The fourth-order valence-corrected chi connectivity index (χ4v) is 6.67. The molecule has 280 valence electrons. The molecule has 6 rings (SSSR count). The number of Topliss-reactive ketones (excluding diaryl/α,β-unsaturated/α-hetero) is 2. The molecule has 0 spiro atoms. The molecule has 6 aromatic rings. The van der Waals surface area contributed by atoms with Gasteiger partial charge in [-0.3, -0.25) is 9.59 Å². The Balaban J connectivity index is 1.33. The Kier molecular flexibility index (Phi) is 11.7. The Hall–Kier alpha value is -6.75. The molecule has 11 heteroatoms. The Morgan fingerprint density at radius 3 is 1.27 bits per heavy atom. The van der Waals surface area contributed by atoms with E-state index in [1.54, 1.807) is 19.9 Å². The van der Waals surface area contributed by atoms with E-state index in [9.17, 15) is 24.0 Å². The number of aromatic amines is 3. The first-order valence-electron chi connectivity index (χ1n) is 17.8. The largest absolute Gasteiger partial charge is 0.456 e. The third-order valence-electron chi connectivity index (χ3n) is 9.34. The number of ketones is 2. The molecule has 3 N–H and O–H groups in total. The van der Waals surface area contributed by atoms with Crippen LogP contribution in [0.5, 0.6) is 0 Å². The Morgan fingerprint density at radius 1 is 0.491 bits per heavy atom. The van der Waals surface area contributed by atoms with Crippen LogP contribution in [0.25, 0.3) is 0 Å². The fraction of sp³-hybridized carbons (Fsp3) is 0.205. The maximum atomic E-state index is 13.4. The number of carbonyl (C=O) groups excluding carboxylic acids is 5. The predicted octanol–water partition coefficient (Wildman–Crippen LogP) is 7.95. The van der Waals surface area contributed by atoms with E-state index in [0.29, 0.717) is 44.9 Å². The number of rotatable bonds is 15. The maximum Gasteiger partial charge on any atom is 0.355 e. The molecule has 55 heavy (non-hydrogen) atoms. The van der Waals surface area contributed by atoms with E-state index in [1.165, 1.54) is 13.8 Å². The molecule has 3 aromatic carbocycles. The molecule has 0 bridgehead atoms. The van der Waals surface area contributed by atoms with Crippen LogP contribution in [0.3, 0.4) is 0 Å². The summed E-state index contributed by atoms with van der Waals surface area (Å²) >= 11 is 0. The van der Waals surface area contributed by atoms with Crippen molar-refractivity contribution < 1.29 is 38.2 Å². The van der Waals surface area contributed by atoms with Crippen LogP contribution >= 0.6 is 0 Å². The van der Waals surface area contributed by atoms with Crippen molar-refractivity contribution in [3.05, 3.63) is 176 Å². The number of carbonyl (C=O) groups is 5. The molecule has 0 saturated heterocycles. The van der Waals surface area contributed by atoms with Gasteiger partial charge in [0, 0.05) is 41.1 Å². The van der Waals surface area contributed by atoms with Crippen molar-refractivity contribution in [1.29, 1.82) is 0 Å². The van der Waals surface area contributed by atoms with Gasteiger partial charge < -0.3 is 29.2 Å². The topological polar surface area (TPSA) is 160 Å². The van der Waals surface area contributed by atoms with E-state index in [0.717, 1.165) is 16.7 Å². The van der Waals surface area contributed by atoms with Crippen LogP contribution in [0.15, 0.2) is 97.1 Å². The van der Waals surface area contributed by atoms with E-state index in [2.05, 4.69) is 15.0 Å². The first kappa shape index (κ1) is 38.0. The third-order valence-corrected chi connectivity index (χ3v) is 9.34. The van der Waals surface area contributed by atoms with Crippen molar-refractivity contribution in [2.45, 2.75) is 60.4 Å². The molecule has 0 saturated carbocycles. The molecule has 0 fully saturated rings. The number of ether oxygens (including phenoxy) is 3. The standard InChI is InChI=1S/C44H41N3O8/c1-26-38(28(3)48)35(46-40(26)43(51)54-24-31-16-10-6-11-17-31)20-33-21-37(42(50)53-23-30-14-8-5-9-15-30)45-34(33)22-36-39(29(4)49)27(2)41(47-36)44(52)55-25-32-18-12-7-13-19-32/h5-19,21,45-47H,20,22-25H2,1-4H3. The van der Waals surface area contributed by atoms with Gasteiger partial charge in [-0.15, -0.1) is 0 Å². The monoisotopic (exact) mass is 739 g/mol. The quantitative estimate of drug-likeness (QED) is 0.0544. The fourth-order valence-electron chi connectivity index (χ4n) is 6.67. The highest BCUT2D eigenvalue weighted by Crippen LogP contribution is 2.28. The normalized spacial score (nSPS) is 10.9. The number of aromatic nitrogens is 3. The van der Waals surface area contributed by atoms with Crippen LogP contribution < -0.4 is 0 Å². The second-order valence-corrected chi connectivity index (χ2v) is 13.3. The summed E-state index contributed by atoms with van der Waals surface area (Å²) in [6.45, 7) is 6.34. The number of hydrogen-bond acceptors (Lipinski definition) is 8. The van der Waals surface area contributed by atoms with E-state index < -0.39 is 17.9 Å². The molecule has 0 aliphatic heterocycles. The lowest BCUT2D eigenvalue weighted by molar-refractivity contribution is 0.0457. The van der Waals surface area contributed by atoms with Gasteiger partial charge in [0.05, 0.1) is 0 Å². The Morgan fingerprint density at radius 2 is 0.873 bits per heavy atom. The molecule has 11 nitrogen and oxygen atoms in total. The predicted molar refractivity (Wildman–Crippen MR) is 204 cm³/mol. The summed E-state index contributed by atoms with van der Waals surface area (Å²) < 4.78 is 16.8. The van der Waals surface area contributed by atoms with Crippen LogP contribution in [0.4, 0.5) is 0 Å². The second kappa shape index (κ2) is 16.9. The Labute approximate surface area is 318 Å². The molecule has 3 heterocycles. The molecule has 0 aliphatic rings. The molecular formula is C44H41N3O8. The van der Waals surface area contributed by atoms with Gasteiger partial charge in [0.2, 0.25) is 0 Å². The van der Waals surface area contributed by atoms with Crippen LogP contribution in [0.2, 0.25) is 0 Å². The van der Waals surface area contributed by atoms with Crippen LogP contribution in [0, 0.1) is 13.8 Å². The third kappa shape index (κ3) is 8.90. The minimum atomic E-state index is -0.619. The number of benzene rings is 3. The van der Waals surface area contributed by atoms with Gasteiger partial charge in [0.1, 0.15) is 36.9 Å². The lowest BCUT2D eigenvalue weighted by atomic mass is 9.99. The molecule has 0 unspecified atom stereocenters. The van der Waals surface area contributed by atoms with E-state index in [1.807, 2.05) is 91.0 Å². The summed E-state index contributed by atoms with van der Waals surface area (Å²) in [5.41, 5.74) is 6.39. The van der Waals surface area contributed by atoms with Crippen molar-refractivity contribution in [2.75, 3.05) is 0 Å². The van der Waals surface area contributed by atoms with Gasteiger partial charge in [0.25, 0.3) is 0 Å². The van der Waals surface area contributed by atoms with Crippen molar-refractivity contribution >= 4 is 29.5 Å². The van der Waals surface area contributed by atoms with Crippen LogP contribution in [0.1, 0.15) is 116 Å². The Bertz CT molecular complexity index is 2210. The lowest BCUT2D eigenvalue weighted by Crippen LogP contribution is -2.08. The highest BCUT2D eigenvalue weighted by molar-refractivity contribution is 6.02. The average Bonchev–Trinajstić information content (AvgIpc) is 3.85. The van der Waals surface area contributed by atoms with Gasteiger partial charge in [-0.05, 0) is 67.1 Å². The van der Waals surface area contributed by atoms with Gasteiger partial charge >= 0.3 is 17.9 Å². The molecule has 0 amide bonds.